The molecule has 0 aromatic heterocycles. The Hall–Kier alpha value is -2.47. The van der Waals surface area contributed by atoms with Crippen LogP contribution in [0.4, 0.5) is 0 Å². The Bertz CT molecular complexity index is 1180. The molecule has 0 spiro atoms. The molecule has 1 N–H and O–H groups in total. The molecule has 0 bridgehead atoms. The lowest BCUT2D eigenvalue weighted by molar-refractivity contribution is -0.157. The van der Waals surface area contributed by atoms with Gasteiger partial charge in [0.25, 0.3) is 8.32 Å². The Balaban J connectivity index is 1.80. The Morgan fingerprint density at radius 2 is 1.45 bits per heavy atom. The van der Waals surface area contributed by atoms with Gasteiger partial charge in [-0.05, 0) is 63.9 Å². The first-order valence-electron chi connectivity index (χ1n) is 15.0. The molecule has 1 aliphatic heterocycles. The molecule has 1 fully saturated rings. The van der Waals surface area contributed by atoms with Crippen molar-refractivity contribution in [3.8, 4) is 11.8 Å². The third-order valence-corrected chi connectivity index (χ3v) is 12.9. The monoisotopic (exact) mass is 594 g/mol. The van der Waals surface area contributed by atoms with Gasteiger partial charge in [-0.15, -0.1) is 0 Å². The van der Waals surface area contributed by atoms with E-state index in [1.54, 1.807) is 0 Å². The fourth-order valence-corrected chi connectivity index (χ4v) is 10.1. The van der Waals surface area contributed by atoms with Gasteiger partial charge >= 0.3 is 5.97 Å². The zero-order chi connectivity index (χ0) is 31.3. The third-order valence-electron chi connectivity index (χ3n) is 7.72. The van der Waals surface area contributed by atoms with Crippen LogP contribution in [0.25, 0.3) is 0 Å². The molecule has 5 atom stereocenters. The number of hydrogen-bond acceptors (Lipinski definition) is 6. The van der Waals surface area contributed by atoms with Crippen molar-refractivity contribution >= 4 is 24.7 Å². The molecule has 1 unspecified atom stereocenters. The van der Waals surface area contributed by atoms with E-state index in [4.69, 9.17) is 18.6 Å². The fourth-order valence-electron chi connectivity index (χ4n) is 5.33. The van der Waals surface area contributed by atoms with Gasteiger partial charge < -0.3 is 23.7 Å². The van der Waals surface area contributed by atoms with Gasteiger partial charge in [-0.1, -0.05) is 93.3 Å². The molecular weight excluding hydrogens is 544 g/mol. The number of hydrogen-bond donors (Lipinski definition) is 1. The number of rotatable bonds is 9. The van der Waals surface area contributed by atoms with Crippen molar-refractivity contribution in [2.24, 2.45) is 11.3 Å². The quantitative estimate of drug-likeness (QED) is 0.236. The average molecular weight is 595 g/mol. The molecule has 42 heavy (non-hydrogen) atoms. The molecule has 1 heterocycles. The fraction of sp³-hybridized carbons (Fsp3) is 0.571. The molecule has 1 aliphatic rings. The second kappa shape index (κ2) is 13.4. The smallest absolute Gasteiger partial charge is 0.311 e. The van der Waals surface area contributed by atoms with Gasteiger partial charge in [0.15, 0.2) is 5.79 Å². The van der Waals surface area contributed by atoms with Crippen molar-refractivity contribution in [2.75, 3.05) is 6.61 Å². The van der Waals surface area contributed by atoms with Gasteiger partial charge in [0.05, 0.1) is 24.2 Å². The van der Waals surface area contributed by atoms with Crippen LogP contribution in [0.15, 0.2) is 60.7 Å². The van der Waals surface area contributed by atoms with E-state index in [-0.39, 0.29) is 29.6 Å². The predicted octanol–water partition coefficient (Wildman–Crippen LogP) is 5.45. The van der Waals surface area contributed by atoms with Gasteiger partial charge in [-0.3, -0.25) is 4.79 Å². The van der Waals surface area contributed by atoms with Gasteiger partial charge in [0.2, 0.25) is 0 Å². The highest BCUT2D eigenvalue weighted by molar-refractivity contribution is 6.99. The summed E-state index contributed by atoms with van der Waals surface area (Å²) in [6.07, 6.45) is -2.00. The van der Waals surface area contributed by atoms with E-state index in [0.717, 1.165) is 0 Å². The summed E-state index contributed by atoms with van der Waals surface area (Å²) >= 11 is 0. The molecule has 0 aliphatic carbocycles. The van der Waals surface area contributed by atoms with Crippen molar-refractivity contribution in [3.05, 3.63) is 60.7 Å². The number of esters is 1. The highest BCUT2D eigenvalue weighted by Crippen LogP contribution is 2.38. The molecule has 2 aromatic carbocycles. The molecule has 2 aromatic rings. The normalized spacial score (nSPS) is 21.1. The van der Waals surface area contributed by atoms with E-state index >= 15 is 0 Å². The summed E-state index contributed by atoms with van der Waals surface area (Å²) in [5, 5.41) is 13.4. The summed E-state index contributed by atoms with van der Waals surface area (Å²) in [7, 11) is -2.74. The minimum atomic E-state index is -2.74. The average Bonchev–Trinajstić information content (AvgIpc) is 3.23. The number of aliphatic hydroxyl groups excluding tert-OH is 1. The van der Waals surface area contributed by atoms with Crippen LogP contribution < -0.4 is 10.4 Å². The van der Waals surface area contributed by atoms with E-state index < -0.39 is 37.8 Å². The highest BCUT2D eigenvalue weighted by Gasteiger charge is 2.51. The zero-order valence-corrected chi connectivity index (χ0v) is 28.1. The first-order valence-corrected chi connectivity index (χ1v) is 16.9. The summed E-state index contributed by atoms with van der Waals surface area (Å²) in [5.41, 5.74) is -0.583. The number of aliphatic hydroxyl groups is 1. The third kappa shape index (κ3) is 8.12. The standard InChI is InChI=1S/C35H50O6Si/c1-25(21-22-29(36)31-30(39-35(9,10)40-31)23-24-38-32(37)33(3,4)5)26(2)41-42(34(6,7)8,27-17-13-11-14-18-27)28-19-15-12-16-20-28/h11-20,25-26,29-31,36H,23-24H2,1-10H3/t25-,26+,29?,30+,31-/m1/s1. The van der Waals surface area contributed by atoms with Crippen molar-refractivity contribution in [3.63, 3.8) is 0 Å². The van der Waals surface area contributed by atoms with Gasteiger partial charge in [0, 0.05) is 12.3 Å². The second-order valence-corrected chi connectivity index (χ2v) is 18.1. The number of benzene rings is 2. The Morgan fingerprint density at radius 3 is 1.93 bits per heavy atom. The van der Waals surface area contributed by atoms with Crippen LogP contribution in [-0.4, -0.2) is 56.2 Å². The first kappa shape index (κ1) is 34.0. The molecule has 7 heteroatoms. The lowest BCUT2D eigenvalue weighted by atomic mass is 9.97. The minimum absolute atomic E-state index is 0.152. The van der Waals surface area contributed by atoms with Gasteiger partial charge in [-0.2, -0.15) is 0 Å². The van der Waals surface area contributed by atoms with Crippen molar-refractivity contribution < 1.29 is 28.5 Å². The molecule has 230 valence electrons. The molecular formula is C35H50O6Si. The van der Waals surface area contributed by atoms with Crippen molar-refractivity contribution in [1.82, 2.24) is 0 Å². The lowest BCUT2D eigenvalue weighted by Gasteiger charge is -2.45. The maximum Gasteiger partial charge on any atom is 0.311 e. The molecule has 3 rings (SSSR count). The van der Waals surface area contributed by atoms with Crippen LogP contribution >= 0.6 is 0 Å². The van der Waals surface area contributed by atoms with E-state index in [1.807, 2.05) is 53.7 Å². The lowest BCUT2D eigenvalue weighted by Crippen LogP contribution is -2.67. The number of carbonyl (C=O) groups excluding carboxylic acids is 1. The van der Waals surface area contributed by atoms with Crippen LogP contribution in [0.2, 0.25) is 5.04 Å². The topological polar surface area (TPSA) is 74.2 Å². The summed E-state index contributed by atoms with van der Waals surface area (Å²) in [6, 6.07) is 21.1. The molecule has 0 saturated carbocycles. The van der Waals surface area contributed by atoms with Crippen LogP contribution in [0.3, 0.4) is 0 Å². The summed E-state index contributed by atoms with van der Waals surface area (Å²) in [6.45, 7) is 20.1. The van der Waals surface area contributed by atoms with E-state index in [1.165, 1.54) is 10.4 Å². The zero-order valence-electron chi connectivity index (χ0n) is 27.1. The van der Waals surface area contributed by atoms with Crippen LogP contribution in [0, 0.1) is 23.2 Å². The molecule has 0 amide bonds. The van der Waals surface area contributed by atoms with E-state index in [0.29, 0.717) is 6.42 Å². The molecule has 6 nitrogen and oxygen atoms in total. The summed E-state index contributed by atoms with van der Waals surface area (Å²) in [5.74, 6) is 4.96. The SMILES string of the molecule is C[C@H](C#CC(O)[C@H]1OC(C)(C)O[C@H]1CCOC(=O)C(C)(C)C)[C@H](C)O[Si](c1ccccc1)(c1ccccc1)C(C)(C)C. The second-order valence-electron chi connectivity index (χ2n) is 13.8. The Morgan fingerprint density at radius 1 is 0.929 bits per heavy atom. The van der Waals surface area contributed by atoms with Gasteiger partial charge in [0.1, 0.15) is 12.2 Å². The first-order chi connectivity index (χ1) is 19.5. The van der Waals surface area contributed by atoms with Crippen LogP contribution in [-0.2, 0) is 23.4 Å². The summed E-state index contributed by atoms with van der Waals surface area (Å²) in [4.78, 5) is 12.2. The van der Waals surface area contributed by atoms with Crippen molar-refractivity contribution in [1.29, 1.82) is 0 Å². The van der Waals surface area contributed by atoms with Crippen LogP contribution in [0.5, 0.6) is 0 Å². The largest absolute Gasteiger partial charge is 0.465 e. The maximum atomic E-state index is 12.2. The molecule has 1 saturated heterocycles. The number of carbonyl (C=O) groups is 1. The highest BCUT2D eigenvalue weighted by atomic mass is 28.4. The summed E-state index contributed by atoms with van der Waals surface area (Å²) < 4.78 is 24.7. The Kier molecular flexibility index (Phi) is 10.9. The van der Waals surface area contributed by atoms with Crippen molar-refractivity contribution in [2.45, 2.75) is 111 Å². The number of ether oxygens (including phenoxy) is 3. The van der Waals surface area contributed by atoms with Crippen LogP contribution in [0.1, 0.15) is 75.7 Å². The maximum absolute atomic E-state index is 12.2. The minimum Gasteiger partial charge on any atom is -0.465 e. The Labute approximate surface area is 254 Å². The van der Waals surface area contributed by atoms with E-state index in [2.05, 4.69) is 88.1 Å². The van der Waals surface area contributed by atoms with E-state index in [9.17, 15) is 9.90 Å². The van der Waals surface area contributed by atoms with Gasteiger partial charge in [-0.25, -0.2) is 0 Å². The molecule has 0 radical (unpaired) electrons. The predicted molar refractivity (Wildman–Crippen MR) is 170 cm³/mol.